The topological polar surface area (TPSA) is 17.1 Å². The van der Waals surface area contributed by atoms with E-state index in [2.05, 4.69) is 46.9 Å². The van der Waals surface area contributed by atoms with Crippen LogP contribution < -0.4 is 0 Å². The molecule has 1 nitrogen and oxygen atoms in total. The second kappa shape index (κ2) is 5.10. The van der Waals surface area contributed by atoms with Gasteiger partial charge in [-0.1, -0.05) is 12.1 Å². The van der Waals surface area contributed by atoms with Crippen molar-refractivity contribution in [1.82, 2.24) is 0 Å². The average Bonchev–Trinajstić information content (AvgIpc) is 2.22. The van der Waals surface area contributed by atoms with E-state index in [1.807, 2.05) is 0 Å². The summed E-state index contributed by atoms with van der Waals surface area (Å²) < 4.78 is 1.27. The number of hydrogen-bond donors (Lipinski definition) is 0. The second-order valence-corrected chi connectivity index (χ2v) is 5.58. The van der Waals surface area contributed by atoms with Crippen molar-refractivity contribution < 1.29 is 4.79 Å². The lowest BCUT2D eigenvalue weighted by atomic mass is 9.84. The average molecular weight is 314 g/mol. The Morgan fingerprint density at radius 3 is 2.67 bits per heavy atom. The highest BCUT2D eigenvalue weighted by molar-refractivity contribution is 14.1. The molecule has 2 heteroatoms. The summed E-state index contributed by atoms with van der Waals surface area (Å²) in [5, 5.41) is 0. The van der Waals surface area contributed by atoms with Gasteiger partial charge in [-0.05, 0) is 65.5 Å². The van der Waals surface area contributed by atoms with Gasteiger partial charge in [0, 0.05) is 16.4 Å². The van der Waals surface area contributed by atoms with E-state index in [0.29, 0.717) is 11.7 Å². The van der Waals surface area contributed by atoms with Gasteiger partial charge in [0.2, 0.25) is 0 Å². The van der Waals surface area contributed by atoms with E-state index < -0.39 is 0 Å². The minimum atomic E-state index is 0.455. The molecule has 0 bridgehead atoms. The number of carbonyl (C=O) groups is 1. The largest absolute Gasteiger partial charge is 0.300 e. The molecule has 80 valence electrons. The van der Waals surface area contributed by atoms with E-state index >= 15 is 0 Å². The first-order chi connectivity index (χ1) is 7.24. The lowest BCUT2D eigenvalue weighted by molar-refractivity contribution is -0.121. The Labute approximate surface area is 104 Å². The summed E-state index contributed by atoms with van der Waals surface area (Å²) in [5.41, 5.74) is 1.37. The molecule has 0 aliphatic heterocycles. The van der Waals surface area contributed by atoms with Gasteiger partial charge in [0.05, 0.1) is 0 Å². The first kappa shape index (κ1) is 11.1. The molecular weight excluding hydrogens is 299 g/mol. The Balaban J connectivity index is 1.96. The highest BCUT2D eigenvalue weighted by Gasteiger charge is 2.19. The van der Waals surface area contributed by atoms with Gasteiger partial charge < -0.3 is 0 Å². The van der Waals surface area contributed by atoms with Crippen LogP contribution in [0.3, 0.4) is 0 Å². The number of ketones is 1. The minimum absolute atomic E-state index is 0.455. The zero-order chi connectivity index (χ0) is 10.7. The fourth-order valence-electron chi connectivity index (χ4n) is 2.24. The van der Waals surface area contributed by atoms with Crippen molar-refractivity contribution in [2.45, 2.75) is 32.1 Å². The number of halogens is 1. The first-order valence-electron chi connectivity index (χ1n) is 5.50. The van der Waals surface area contributed by atoms with Crippen molar-refractivity contribution in [3.05, 3.63) is 33.4 Å². The van der Waals surface area contributed by atoms with Gasteiger partial charge in [-0.15, -0.1) is 0 Å². The van der Waals surface area contributed by atoms with E-state index in [1.54, 1.807) is 0 Å². The maximum absolute atomic E-state index is 11.3. The molecule has 0 aromatic heterocycles. The molecule has 0 radical (unpaired) electrons. The van der Waals surface area contributed by atoms with Gasteiger partial charge in [0.1, 0.15) is 5.78 Å². The number of Topliss-reactive ketones (excluding diaryl/α,β-unsaturated/α-hetero) is 1. The lowest BCUT2D eigenvalue weighted by Crippen LogP contribution is -2.16. The van der Waals surface area contributed by atoms with Crippen LogP contribution in [0.2, 0.25) is 0 Å². The van der Waals surface area contributed by atoms with E-state index in [-0.39, 0.29) is 0 Å². The normalized spacial score (nSPS) is 21.7. The van der Waals surface area contributed by atoms with E-state index in [9.17, 15) is 4.79 Å². The van der Waals surface area contributed by atoms with Crippen molar-refractivity contribution in [1.29, 1.82) is 0 Å². The molecule has 2 rings (SSSR count). The molecule has 1 unspecified atom stereocenters. The van der Waals surface area contributed by atoms with E-state index in [0.717, 1.165) is 25.7 Å². The molecule has 0 N–H and O–H groups in total. The maximum Gasteiger partial charge on any atom is 0.133 e. The Bertz CT molecular complexity index is 342. The third-order valence-electron chi connectivity index (χ3n) is 3.02. The van der Waals surface area contributed by atoms with Crippen molar-refractivity contribution in [3.63, 3.8) is 0 Å². The molecule has 1 saturated carbocycles. The van der Waals surface area contributed by atoms with Crippen LogP contribution in [0.1, 0.15) is 31.2 Å². The Morgan fingerprint density at radius 1 is 1.27 bits per heavy atom. The standard InChI is InChI=1S/C13H15IO/c14-12-6-4-10(5-7-12)8-11-2-1-3-13(15)9-11/h4-7,11H,1-3,8-9H2. The van der Waals surface area contributed by atoms with Gasteiger partial charge in [-0.25, -0.2) is 0 Å². The summed E-state index contributed by atoms with van der Waals surface area (Å²) in [7, 11) is 0. The molecule has 15 heavy (non-hydrogen) atoms. The lowest BCUT2D eigenvalue weighted by Gasteiger charge is -2.20. The van der Waals surface area contributed by atoms with Crippen molar-refractivity contribution in [2.75, 3.05) is 0 Å². The SMILES string of the molecule is O=C1CCCC(Cc2ccc(I)cc2)C1. The maximum atomic E-state index is 11.3. The van der Waals surface area contributed by atoms with E-state index in [4.69, 9.17) is 0 Å². The van der Waals surface area contributed by atoms with Crippen LogP contribution in [0.25, 0.3) is 0 Å². The molecular formula is C13H15IO. The Morgan fingerprint density at radius 2 is 2.00 bits per heavy atom. The molecule has 1 aromatic rings. The molecule has 1 fully saturated rings. The smallest absolute Gasteiger partial charge is 0.133 e. The molecule has 0 spiro atoms. The predicted octanol–water partition coefficient (Wildman–Crippen LogP) is 3.59. The van der Waals surface area contributed by atoms with E-state index in [1.165, 1.54) is 15.6 Å². The monoisotopic (exact) mass is 314 g/mol. The molecule has 0 amide bonds. The van der Waals surface area contributed by atoms with Crippen molar-refractivity contribution in [3.8, 4) is 0 Å². The van der Waals surface area contributed by atoms with Crippen LogP contribution in [0.5, 0.6) is 0 Å². The Hall–Kier alpha value is -0.380. The fraction of sp³-hybridized carbons (Fsp3) is 0.462. The summed E-state index contributed by atoms with van der Waals surface area (Å²) in [6.45, 7) is 0. The number of benzene rings is 1. The van der Waals surface area contributed by atoms with Gasteiger partial charge in [-0.3, -0.25) is 4.79 Å². The van der Waals surface area contributed by atoms with Crippen molar-refractivity contribution in [2.24, 2.45) is 5.92 Å². The number of carbonyl (C=O) groups excluding carboxylic acids is 1. The fourth-order valence-corrected chi connectivity index (χ4v) is 2.60. The van der Waals surface area contributed by atoms with Crippen LogP contribution in [0.15, 0.2) is 24.3 Å². The molecule has 0 saturated heterocycles. The van der Waals surface area contributed by atoms with Gasteiger partial charge >= 0.3 is 0 Å². The minimum Gasteiger partial charge on any atom is -0.300 e. The third kappa shape index (κ3) is 3.30. The van der Waals surface area contributed by atoms with Gasteiger partial charge in [-0.2, -0.15) is 0 Å². The first-order valence-corrected chi connectivity index (χ1v) is 6.58. The van der Waals surface area contributed by atoms with Crippen LogP contribution in [-0.2, 0) is 11.2 Å². The van der Waals surface area contributed by atoms with Crippen LogP contribution in [0, 0.1) is 9.49 Å². The quantitative estimate of drug-likeness (QED) is 0.763. The number of rotatable bonds is 2. The Kier molecular flexibility index (Phi) is 3.78. The summed E-state index contributed by atoms with van der Waals surface area (Å²) in [5.74, 6) is 1.04. The number of hydrogen-bond acceptors (Lipinski definition) is 1. The van der Waals surface area contributed by atoms with Crippen LogP contribution in [-0.4, -0.2) is 5.78 Å². The molecule has 1 aliphatic rings. The zero-order valence-corrected chi connectivity index (χ0v) is 10.9. The van der Waals surface area contributed by atoms with Gasteiger partial charge in [0.25, 0.3) is 0 Å². The highest BCUT2D eigenvalue weighted by atomic mass is 127. The highest BCUT2D eigenvalue weighted by Crippen LogP contribution is 2.25. The second-order valence-electron chi connectivity index (χ2n) is 4.33. The van der Waals surface area contributed by atoms with Gasteiger partial charge in [0.15, 0.2) is 0 Å². The summed E-state index contributed by atoms with van der Waals surface area (Å²) in [6.07, 6.45) is 4.99. The molecule has 1 aliphatic carbocycles. The predicted molar refractivity (Wildman–Crippen MR) is 69.8 cm³/mol. The summed E-state index contributed by atoms with van der Waals surface area (Å²) >= 11 is 2.32. The third-order valence-corrected chi connectivity index (χ3v) is 3.74. The molecule has 1 atom stereocenters. The summed E-state index contributed by atoms with van der Waals surface area (Å²) in [6, 6.07) is 8.64. The van der Waals surface area contributed by atoms with Crippen molar-refractivity contribution >= 4 is 28.4 Å². The molecule has 0 heterocycles. The van der Waals surface area contributed by atoms with Crippen LogP contribution >= 0.6 is 22.6 Å². The summed E-state index contributed by atoms with van der Waals surface area (Å²) in [4.78, 5) is 11.3. The van der Waals surface area contributed by atoms with Crippen LogP contribution in [0.4, 0.5) is 0 Å². The molecule has 1 aromatic carbocycles. The zero-order valence-electron chi connectivity index (χ0n) is 8.71.